The van der Waals surface area contributed by atoms with E-state index < -0.39 is 5.97 Å². The first-order valence-corrected chi connectivity index (χ1v) is 7.92. The molecule has 1 aliphatic carbocycles. The van der Waals surface area contributed by atoms with Gasteiger partial charge in [-0.05, 0) is 36.3 Å². The Morgan fingerprint density at radius 1 is 1.21 bits per heavy atom. The van der Waals surface area contributed by atoms with Crippen LogP contribution in [0.3, 0.4) is 0 Å². The molecule has 0 saturated heterocycles. The summed E-state index contributed by atoms with van der Waals surface area (Å²) < 4.78 is 16.4. The van der Waals surface area contributed by atoms with Crippen LogP contribution in [0.4, 0.5) is 0 Å². The minimum Gasteiger partial charge on any atom is -0.493 e. The maximum absolute atomic E-state index is 11.1. The van der Waals surface area contributed by atoms with Crippen molar-refractivity contribution in [3.05, 3.63) is 23.5 Å². The summed E-state index contributed by atoms with van der Waals surface area (Å²) in [7, 11) is 4.74. The highest BCUT2D eigenvalue weighted by molar-refractivity contribution is 5.95. The van der Waals surface area contributed by atoms with Gasteiger partial charge in [0.05, 0.1) is 27.8 Å². The zero-order chi connectivity index (χ0) is 17.3. The number of methoxy groups -OCH3 is 3. The van der Waals surface area contributed by atoms with Crippen LogP contribution in [0.25, 0.3) is 10.8 Å². The lowest BCUT2D eigenvalue weighted by atomic mass is 9.82. The maximum atomic E-state index is 11.1. The molecule has 24 heavy (non-hydrogen) atoms. The van der Waals surface area contributed by atoms with E-state index in [0.717, 1.165) is 41.3 Å². The first-order valence-electron chi connectivity index (χ1n) is 7.92. The number of pyridine rings is 1. The minimum absolute atomic E-state index is 0.0465. The second-order valence-electron chi connectivity index (χ2n) is 5.92. The molecule has 1 atom stereocenters. The van der Waals surface area contributed by atoms with Crippen LogP contribution in [0.15, 0.2) is 12.3 Å². The van der Waals surface area contributed by atoms with E-state index in [4.69, 9.17) is 19.3 Å². The van der Waals surface area contributed by atoms with Crippen molar-refractivity contribution < 1.29 is 24.1 Å². The van der Waals surface area contributed by atoms with Crippen LogP contribution in [-0.4, -0.2) is 37.4 Å². The summed E-state index contributed by atoms with van der Waals surface area (Å²) in [6.45, 7) is 0. The molecule has 2 aromatic rings. The van der Waals surface area contributed by atoms with E-state index in [1.807, 2.05) is 6.07 Å². The fraction of sp³-hybridized carbons (Fsp3) is 0.444. The average Bonchev–Trinajstić information content (AvgIpc) is 2.59. The zero-order valence-electron chi connectivity index (χ0n) is 14.1. The average molecular weight is 331 g/mol. The molecule has 1 unspecified atom stereocenters. The van der Waals surface area contributed by atoms with E-state index in [0.29, 0.717) is 17.2 Å². The molecule has 0 radical (unpaired) electrons. The van der Waals surface area contributed by atoms with Crippen molar-refractivity contribution in [3.8, 4) is 17.2 Å². The molecule has 0 amide bonds. The summed E-state index contributed by atoms with van der Waals surface area (Å²) in [6.07, 6.45) is 4.52. The number of aryl methyl sites for hydroxylation is 1. The number of rotatable bonds is 5. The van der Waals surface area contributed by atoms with E-state index in [2.05, 4.69) is 4.98 Å². The molecule has 1 aliphatic rings. The number of carbonyl (C=O) groups is 1. The molecule has 0 saturated carbocycles. The molecule has 0 fully saturated rings. The van der Waals surface area contributed by atoms with Crippen LogP contribution in [0.5, 0.6) is 17.2 Å². The lowest BCUT2D eigenvalue weighted by Gasteiger charge is -2.25. The van der Waals surface area contributed by atoms with Crippen molar-refractivity contribution in [3.63, 3.8) is 0 Å². The van der Waals surface area contributed by atoms with Gasteiger partial charge < -0.3 is 19.3 Å². The van der Waals surface area contributed by atoms with Gasteiger partial charge in [0.15, 0.2) is 11.5 Å². The van der Waals surface area contributed by atoms with Gasteiger partial charge >= 0.3 is 5.97 Å². The first-order chi connectivity index (χ1) is 11.6. The van der Waals surface area contributed by atoms with E-state index in [9.17, 15) is 4.79 Å². The van der Waals surface area contributed by atoms with Gasteiger partial charge in [0.25, 0.3) is 0 Å². The Kier molecular flexibility index (Phi) is 4.46. The number of carboxylic acids is 1. The normalized spacial score (nSPS) is 16.5. The van der Waals surface area contributed by atoms with Crippen LogP contribution in [0.1, 0.15) is 36.4 Å². The van der Waals surface area contributed by atoms with Crippen molar-refractivity contribution >= 4 is 16.7 Å². The molecule has 6 heteroatoms. The molecule has 0 aliphatic heterocycles. The highest BCUT2D eigenvalue weighted by Crippen LogP contribution is 2.46. The molecule has 1 aromatic carbocycles. The molecular weight excluding hydrogens is 310 g/mol. The van der Waals surface area contributed by atoms with Crippen molar-refractivity contribution in [1.82, 2.24) is 4.98 Å². The van der Waals surface area contributed by atoms with Crippen molar-refractivity contribution in [1.29, 1.82) is 0 Å². The lowest BCUT2D eigenvalue weighted by molar-refractivity contribution is -0.137. The Morgan fingerprint density at radius 2 is 1.96 bits per heavy atom. The Hall–Kier alpha value is -2.50. The van der Waals surface area contributed by atoms with Crippen molar-refractivity contribution in [2.24, 2.45) is 0 Å². The third-order valence-corrected chi connectivity index (χ3v) is 4.62. The Bertz CT molecular complexity index is 787. The third kappa shape index (κ3) is 2.62. The van der Waals surface area contributed by atoms with Gasteiger partial charge in [-0.15, -0.1) is 0 Å². The summed E-state index contributed by atoms with van der Waals surface area (Å²) in [6, 6.07) is 1.93. The SMILES string of the molecule is COc1cc2c3c(ncc2c(OC)c1OC)C(CC(=O)O)CCC3. The Balaban J connectivity index is 2.25. The number of aromatic nitrogens is 1. The molecule has 1 heterocycles. The van der Waals surface area contributed by atoms with Crippen molar-refractivity contribution in [2.75, 3.05) is 21.3 Å². The number of ether oxygens (including phenoxy) is 3. The molecule has 0 bridgehead atoms. The highest BCUT2D eigenvalue weighted by atomic mass is 16.5. The van der Waals surface area contributed by atoms with Gasteiger partial charge in [0.2, 0.25) is 5.75 Å². The molecule has 1 aromatic heterocycles. The monoisotopic (exact) mass is 331 g/mol. The van der Waals surface area contributed by atoms with E-state index in [1.165, 1.54) is 0 Å². The zero-order valence-corrected chi connectivity index (χ0v) is 14.1. The number of hydrogen-bond acceptors (Lipinski definition) is 5. The number of carboxylic acid groups (broad SMARTS) is 1. The highest BCUT2D eigenvalue weighted by Gasteiger charge is 2.27. The molecule has 1 N–H and O–H groups in total. The topological polar surface area (TPSA) is 77.9 Å². The summed E-state index contributed by atoms with van der Waals surface area (Å²) >= 11 is 0. The predicted molar refractivity (Wildman–Crippen MR) is 89.3 cm³/mol. The summed E-state index contributed by atoms with van der Waals surface area (Å²) in [4.78, 5) is 15.7. The summed E-state index contributed by atoms with van der Waals surface area (Å²) in [5, 5.41) is 11.0. The molecule has 0 spiro atoms. The maximum Gasteiger partial charge on any atom is 0.304 e. The van der Waals surface area contributed by atoms with Gasteiger partial charge in [-0.1, -0.05) is 0 Å². The molecular formula is C18H21NO5. The second kappa shape index (κ2) is 6.55. The van der Waals surface area contributed by atoms with Crippen LogP contribution < -0.4 is 14.2 Å². The standard InChI is InChI=1S/C18H21NO5/c1-22-14-8-12-11-6-4-5-10(7-15(20)21)16(11)19-9-13(12)17(23-2)18(14)24-3/h8-10H,4-7H2,1-3H3,(H,20,21). The van der Waals surface area contributed by atoms with Gasteiger partial charge in [0.1, 0.15) is 0 Å². The first kappa shape index (κ1) is 16.4. The summed E-state index contributed by atoms with van der Waals surface area (Å²) in [5.74, 6) is 0.875. The predicted octanol–water partition coefficient (Wildman–Crippen LogP) is 3.16. The number of fused-ring (bicyclic) bond motifs is 3. The second-order valence-corrected chi connectivity index (χ2v) is 5.92. The lowest BCUT2D eigenvalue weighted by Crippen LogP contribution is -2.16. The van der Waals surface area contributed by atoms with Crippen LogP contribution in [0, 0.1) is 0 Å². The number of hydrogen-bond donors (Lipinski definition) is 1. The largest absolute Gasteiger partial charge is 0.493 e. The van der Waals surface area contributed by atoms with Gasteiger partial charge in [-0.2, -0.15) is 0 Å². The van der Waals surface area contributed by atoms with E-state index in [-0.39, 0.29) is 12.3 Å². The third-order valence-electron chi connectivity index (χ3n) is 4.62. The fourth-order valence-corrected chi connectivity index (χ4v) is 3.59. The van der Waals surface area contributed by atoms with Gasteiger partial charge in [0, 0.05) is 23.2 Å². The number of aliphatic carboxylic acids is 1. The van der Waals surface area contributed by atoms with Crippen LogP contribution in [-0.2, 0) is 11.2 Å². The fourth-order valence-electron chi connectivity index (χ4n) is 3.59. The minimum atomic E-state index is -0.792. The molecule has 128 valence electrons. The molecule has 3 rings (SSSR count). The van der Waals surface area contributed by atoms with Crippen LogP contribution >= 0.6 is 0 Å². The number of benzene rings is 1. The van der Waals surface area contributed by atoms with E-state index >= 15 is 0 Å². The van der Waals surface area contributed by atoms with E-state index in [1.54, 1.807) is 27.5 Å². The van der Waals surface area contributed by atoms with Gasteiger partial charge in [-0.25, -0.2) is 0 Å². The molecule has 6 nitrogen and oxygen atoms in total. The van der Waals surface area contributed by atoms with Crippen molar-refractivity contribution in [2.45, 2.75) is 31.6 Å². The Morgan fingerprint density at radius 3 is 2.58 bits per heavy atom. The number of nitrogens with zero attached hydrogens (tertiary/aromatic N) is 1. The smallest absolute Gasteiger partial charge is 0.304 e. The van der Waals surface area contributed by atoms with Gasteiger partial charge in [-0.3, -0.25) is 9.78 Å². The quantitative estimate of drug-likeness (QED) is 0.907. The Labute approximate surface area is 140 Å². The summed E-state index contributed by atoms with van der Waals surface area (Å²) in [5.41, 5.74) is 1.97. The van der Waals surface area contributed by atoms with Crippen LogP contribution in [0.2, 0.25) is 0 Å².